The summed E-state index contributed by atoms with van der Waals surface area (Å²) in [5.74, 6) is -0.170. The molecule has 0 atom stereocenters. The fraction of sp³-hybridized carbons (Fsp3) is 0.333. The summed E-state index contributed by atoms with van der Waals surface area (Å²) >= 11 is 0. The lowest BCUT2D eigenvalue weighted by molar-refractivity contribution is 0.0963. The number of urea groups is 1. The van der Waals surface area contributed by atoms with Gasteiger partial charge in [-0.05, 0) is 31.0 Å². The van der Waals surface area contributed by atoms with E-state index in [0.717, 1.165) is 12.8 Å². The smallest absolute Gasteiger partial charge is 0.319 e. The Kier molecular flexibility index (Phi) is 3.27. The maximum Gasteiger partial charge on any atom is 0.319 e. The Balaban J connectivity index is 1.99. The molecule has 0 spiro atoms. The molecule has 5 heteroatoms. The molecule has 3 N–H and O–H groups in total. The maximum atomic E-state index is 11.5. The number of hydrogen-bond acceptors (Lipinski definition) is 2. The van der Waals surface area contributed by atoms with Crippen LogP contribution < -0.4 is 16.0 Å². The van der Waals surface area contributed by atoms with Gasteiger partial charge in [-0.2, -0.15) is 0 Å². The highest BCUT2D eigenvalue weighted by atomic mass is 16.2. The molecule has 1 saturated carbocycles. The average Bonchev–Trinajstić information content (AvgIpc) is 3.12. The van der Waals surface area contributed by atoms with Gasteiger partial charge in [-0.3, -0.25) is 4.79 Å². The molecule has 0 aliphatic heterocycles. The SMILES string of the molecule is CNC(=O)c1cccc(NC(=O)NC2CC2)c1. The van der Waals surface area contributed by atoms with E-state index in [4.69, 9.17) is 0 Å². The number of rotatable bonds is 3. The van der Waals surface area contributed by atoms with E-state index in [1.807, 2.05) is 0 Å². The first-order valence-corrected chi connectivity index (χ1v) is 5.58. The monoisotopic (exact) mass is 233 g/mol. The predicted octanol–water partition coefficient (Wildman–Crippen LogP) is 1.33. The number of nitrogens with one attached hydrogen (secondary N) is 3. The molecule has 0 saturated heterocycles. The van der Waals surface area contributed by atoms with Gasteiger partial charge in [0.1, 0.15) is 0 Å². The molecule has 0 bridgehead atoms. The molecule has 1 aliphatic carbocycles. The molecule has 0 heterocycles. The fourth-order valence-electron chi connectivity index (χ4n) is 1.46. The standard InChI is InChI=1S/C12H15N3O2/c1-13-11(16)8-3-2-4-10(7-8)15-12(17)14-9-5-6-9/h2-4,7,9H,5-6H2,1H3,(H,13,16)(H2,14,15,17). The minimum Gasteiger partial charge on any atom is -0.355 e. The third-order valence-electron chi connectivity index (χ3n) is 2.52. The molecule has 1 aromatic rings. The quantitative estimate of drug-likeness (QED) is 0.737. The summed E-state index contributed by atoms with van der Waals surface area (Å²) in [5.41, 5.74) is 1.14. The maximum absolute atomic E-state index is 11.5. The second-order valence-electron chi connectivity index (χ2n) is 4.03. The Morgan fingerprint density at radius 3 is 2.71 bits per heavy atom. The Hall–Kier alpha value is -2.04. The summed E-state index contributed by atoms with van der Waals surface area (Å²) in [4.78, 5) is 22.9. The van der Waals surface area contributed by atoms with Crippen LogP contribution >= 0.6 is 0 Å². The molecule has 1 fully saturated rings. The van der Waals surface area contributed by atoms with Crippen LogP contribution in [0.25, 0.3) is 0 Å². The summed E-state index contributed by atoms with van der Waals surface area (Å²) in [6.45, 7) is 0. The van der Waals surface area contributed by atoms with Gasteiger partial charge >= 0.3 is 6.03 Å². The summed E-state index contributed by atoms with van der Waals surface area (Å²) < 4.78 is 0. The lowest BCUT2D eigenvalue weighted by atomic mass is 10.2. The molecule has 17 heavy (non-hydrogen) atoms. The van der Waals surface area contributed by atoms with E-state index in [9.17, 15) is 9.59 Å². The number of carbonyl (C=O) groups excluding carboxylic acids is 2. The molecule has 3 amide bonds. The number of hydrogen-bond donors (Lipinski definition) is 3. The normalized spacial score (nSPS) is 13.9. The minimum atomic E-state index is -0.221. The Morgan fingerprint density at radius 1 is 1.29 bits per heavy atom. The van der Waals surface area contributed by atoms with Crippen molar-refractivity contribution in [1.82, 2.24) is 10.6 Å². The van der Waals surface area contributed by atoms with E-state index in [1.54, 1.807) is 31.3 Å². The van der Waals surface area contributed by atoms with Crippen LogP contribution in [-0.2, 0) is 0 Å². The van der Waals surface area contributed by atoms with Gasteiger partial charge in [0.25, 0.3) is 5.91 Å². The van der Waals surface area contributed by atoms with Gasteiger partial charge in [0.05, 0.1) is 0 Å². The fourth-order valence-corrected chi connectivity index (χ4v) is 1.46. The van der Waals surface area contributed by atoms with Gasteiger partial charge in [0.15, 0.2) is 0 Å². The second kappa shape index (κ2) is 4.86. The van der Waals surface area contributed by atoms with E-state index < -0.39 is 0 Å². The molecule has 0 aromatic heterocycles. The number of anilines is 1. The lowest BCUT2D eigenvalue weighted by Crippen LogP contribution is -2.30. The number of amides is 3. The molecule has 90 valence electrons. The van der Waals surface area contributed by atoms with Crippen molar-refractivity contribution in [3.05, 3.63) is 29.8 Å². The summed E-state index contributed by atoms with van der Waals surface area (Å²) in [6, 6.07) is 6.92. The molecule has 2 rings (SSSR count). The molecule has 1 aromatic carbocycles. The highest BCUT2D eigenvalue weighted by molar-refractivity contribution is 5.96. The van der Waals surface area contributed by atoms with Crippen LogP contribution in [0.5, 0.6) is 0 Å². The Morgan fingerprint density at radius 2 is 2.06 bits per heavy atom. The topological polar surface area (TPSA) is 70.2 Å². The number of benzene rings is 1. The zero-order valence-electron chi connectivity index (χ0n) is 9.62. The molecular weight excluding hydrogens is 218 g/mol. The van der Waals surface area contributed by atoms with Gasteiger partial charge in [-0.25, -0.2) is 4.79 Å². The van der Waals surface area contributed by atoms with Crippen molar-refractivity contribution < 1.29 is 9.59 Å². The Bertz CT molecular complexity index is 441. The van der Waals surface area contributed by atoms with Gasteiger partial charge in [-0.15, -0.1) is 0 Å². The van der Waals surface area contributed by atoms with Crippen molar-refractivity contribution in [2.24, 2.45) is 0 Å². The molecule has 0 radical (unpaired) electrons. The van der Waals surface area contributed by atoms with Gasteiger partial charge < -0.3 is 16.0 Å². The third-order valence-corrected chi connectivity index (χ3v) is 2.52. The highest BCUT2D eigenvalue weighted by Gasteiger charge is 2.23. The van der Waals surface area contributed by atoms with Crippen LogP contribution in [0.4, 0.5) is 10.5 Å². The van der Waals surface area contributed by atoms with Crippen LogP contribution in [0.1, 0.15) is 23.2 Å². The molecule has 0 unspecified atom stereocenters. The first-order valence-electron chi connectivity index (χ1n) is 5.58. The first kappa shape index (κ1) is 11.4. The highest BCUT2D eigenvalue weighted by Crippen LogP contribution is 2.19. The van der Waals surface area contributed by atoms with E-state index in [2.05, 4.69) is 16.0 Å². The number of carbonyl (C=O) groups is 2. The Labute approximate surface area is 99.6 Å². The van der Waals surface area contributed by atoms with Gasteiger partial charge in [-0.1, -0.05) is 6.07 Å². The minimum absolute atomic E-state index is 0.170. The van der Waals surface area contributed by atoms with Crippen molar-refractivity contribution in [3.8, 4) is 0 Å². The second-order valence-corrected chi connectivity index (χ2v) is 4.03. The van der Waals surface area contributed by atoms with E-state index in [1.165, 1.54) is 0 Å². The van der Waals surface area contributed by atoms with E-state index in [-0.39, 0.29) is 11.9 Å². The van der Waals surface area contributed by atoms with E-state index >= 15 is 0 Å². The summed E-state index contributed by atoms with van der Waals surface area (Å²) in [7, 11) is 1.57. The lowest BCUT2D eigenvalue weighted by Gasteiger charge is -2.07. The average molecular weight is 233 g/mol. The van der Waals surface area contributed by atoms with Crippen molar-refractivity contribution >= 4 is 17.6 Å². The summed E-state index contributed by atoms with van der Waals surface area (Å²) in [6.07, 6.45) is 2.09. The van der Waals surface area contributed by atoms with Crippen LogP contribution in [0.3, 0.4) is 0 Å². The van der Waals surface area contributed by atoms with Crippen LogP contribution in [0, 0.1) is 0 Å². The third kappa shape index (κ3) is 3.21. The zero-order chi connectivity index (χ0) is 12.3. The van der Waals surface area contributed by atoms with Gasteiger partial charge in [0, 0.05) is 24.3 Å². The van der Waals surface area contributed by atoms with Crippen molar-refractivity contribution in [3.63, 3.8) is 0 Å². The molecule has 1 aliphatic rings. The van der Waals surface area contributed by atoms with Crippen molar-refractivity contribution in [2.75, 3.05) is 12.4 Å². The molecule has 5 nitrogen and oxygen atoms in total. The summed E-state index contributed by atoms with van der Waals surface area (Å²) in [5, 5.41) is 8.05. The zero-order valence-corrected chi connectivity index (χ0v) is 9.62. The first-order chi connectivity index (χ1) is 8.19. The van der Waals surface area contributed by atoms with Crippen LogP contribution in [0.15, 0.2) is 24.3 Å². The van der Waals surface area contributed by atoms with Crippen LogP contribution in [0.2, 0.25) is 0 Å². The van der Waals surface area contributed by atoms with Crippen LogP contribution in [-0.4, -0.2) is 25.0 Å². The molecular formula is C12H15N3O2. The largest absolute Gasteiger partial charge is 0.355 e. The predicted molar refractivity (Wildman–Crippen MR) is 65.0 cm³/mol. The van der Waals surface area contributed by atoms with E-state index in [0.29, 0.717) is 17.3 Å². The van der Waals surface area contributed by atoms with Crippen molar-refractivity contribution in [1.29, 1.82) is 0 Å². The van der Waals surface area contributed by atoms with Gasteiger partial charge in [0.2, 0.25) is 0 Å². The van der Waals surface area contributed by atoms with Crippen molar-refractivity contribution in [2.45, 2.75) is 18.9 Å².